The van der Waals surface area contributed by atoms with Crippen molar-refractivity contribution in [1.82, 2.24) is 10.2 Å². The van der Waals surface area contributed by atoms with Crippen LogP contribution >= 0.6 is 23.8 Å². The number of rotatable bonds is 5. The van der Waals surface area contributed by atoms with Crippen molar-refractivity contribution < 1.29 is 9.59 Å². The zero-order chi connectivity index (χ0) is 23.7. The number of amides is 2. The van der Waals surface area contributed by atoms with E-state index in [0.717, 1.165) is 46.9 Å². The number of carbonyl (C=O) groups is 2. The van der Waals surface area contributed by atoms with Gasteiger partial charge < -0.3 is 4.90 Å². The van der Waals surface area contributed by atoms with E-state index in [-0.39, 0.29) is 10.7 Å². The summed E-state index contributed by atoms with van der Waals surface area (Å²) in [5.41, 5.74) is 5.24. The highest BCUT2D eigenvalue weighted by Crippen LogP contribution is 2.32. The first-order valence-corrected chi connectivity index (χ1v) is 11.8. The van der Waals surface area contributed by atoms with E-state index in [9.17, 15) is 9.59 Å². The Morgan fingerprint density at radius 1 is 0.971 bits per heavy atom. The maximum absolute atomic E-state index is 13.2. The molecular weight excluding hydrogens is 466 g/mol. The smallest absolute Gasteiger partial charge is 0.265 e. The summed E-state index contributed by atoms with van der Waals surface area (Å²) in [6.45, 7) is 1.93. The summed E-state index contributed by atoms with van der Waals surface area (Å²) in [7, 11) is 0. The molecule has 0 aliphatic carbocycles. The first-order valence-electron chi connectivity index (χ1n) is 11.0. The van der Waals surface area contributed by atoms with Gasteiger partial charge in [-0.3, -0.25) is 19.8 Å². The second-order valence-electron chi connectivity index (χ2n) is 8.35. The second kappa shape index (κ2) is 9.41. The van der Waals surface area contributed by atoms with E-state index in [0.29, 0.717) is 6.54 Å². The summed E-state index contributed by atoms with van der Waals surface area (Å²) in [5, 5.41) is 3.54. The predicted octanol–water partition coefficient (Wildman–Crippen LogP) is 4.73. The van der Waals surface area contributed by atoms with Crippen LogP contribution in [0, 0.1) is 0 Å². The van der Waals surface area contributed by atoms with Crippen LogP contribution in [0.2, 0.25) is 5.02 Å². The molecule has 0 radical (unpaired) electrons. The maximum Gasteiger partial charge on any atom is 0.265 e. The molecule has 3 aromatic carbocycles. The Morgan fingerprint density at radius 2 is 1.74 bits per heavy atom. The molecule has 5 nitrogen and oxygen atoms in total. The van der Waals surface area contributed by atoms with Crippen LogP contribution in [0.5, 0.6) is 0 Å². The lowest BCUT2D eigenvalue weighted by Crippen LogP contribution is -2.53. The average molecular weight is 488 g/mol. The minimum absolute atomic E-state index is 0.0791. The number of carbonyl (C=O) groups excluding carboxylic acids is 2. The number of thiocarbonyl (C=S) groups is 1. The van der Waals surface area contributed by atoms with E-state index in [1.807, 2.05) is 72.8 Å². The fraction of sp³-hybridized carbons (Fsp3) is 0.148. The van der Waals surface area contributed by atoms with Crippen LogP contribution in [-0.4, -0.2) is 28.4 Å². The topological polar surface area (TPSA) is 52.7 Å². The molecule has 3 aromatic rings. The molecule has 2 aliphatic heterocycles. The molecule has 0 aromatic heterocycles. The molecule has 0 spiro atoms. The molecule has 170 valence electrons. The second-order valence-corrected chi connectivity index (χ2v) is 9.14. The summed E-state index contributed by atoms with van der Waals surface area (Å²) in [6, 6.07) is 23.5. The lowest BCUT2D eigenvalue weighted by Gasteiger charge is -2.29. The highest BCUT2D eigenvalue weighted by molar-refractivity contribution is 7.80. The van der Waals surface area contributed by atoms with Crippen molar-refractivity contribution in [3.05, 3.63) is 106 Å². The minimum atomic E-state index is -0.472. The van der Waals surface area contributed by atoms with Gasteiger partial charge in [0.25, 0.3) is 11.8 Å². The van der Waals surface area contributed by atoms with Crippen LogP contribution in [-0.2, 0) is 29.1 Å². The molecular formula is C27H22ClN3O2S. The van der Waals surface area contributed by atoms with Crippen molar-refractivity contribution in [3.63, 3.8) is 0 Å². The Hall–Kier alpha value is -3.48. The molecule has 34 heavy (non-hydrogen) atoms. The van der Waals surface area contributed by atoms with Gasteiger partial charge in [-0.15, -0.1) is 0 Å². The summed E-state index contributed by atoms with van der Waals surface area (Å²) < 4.78 is 0. The quantitative estimate of drug-likeness (QED) is 0.321. The Labute approximate surface area is 208 Å². The van der Waals surface area contributed by atoms with E-state index in [2.05, 4.69) is 10.2 Å². The van der Waals surface area contributed by atoms with Crippen LogP contribution in [0.1, 0.15) is 22.3 Å². The number of halogens is 1. The van der Waals surface area contributed by atoms with E-state index < -0.39 is 11.8 Å². The van der Waals surface area contributed by atoms with E-state index >= 15 is 0 Å². The van der Waals surface area contributed by atoms with Crippen LogP contribution in [0.25, 0.3) is 6.08 Å². The molecule has 0 bridgehead atoms. The van der Waals surface area contributed by atoms with E-state index in [4.69, 9.17) is 23.8 Å². The maximum atomic E-state index is 13.2. The van der Waals surface area contributed by atoms with Gasteiger partial charge in [-0.25, -0.2) is 0 Å². The molecule has 0 saturated carbocycles. The van der Waals surface area contributed by atoms with Crippen molar-refractivity contribution in [3.8, 4) is 0 Å². The summed E-state index contributed by atoms with van der Waals surface area (Å²) in [4.78, 5) is 29.5. The molecule has 7 heteroatoms. The fourth-order valence-corrected chi connectivity index (χ4v) is 4.78. The highest BCUT2D eigenvalue weighted by atomic mass is 35.5. The number of benzene rings is 3. The molecule has 2 amide bonds. The highest BCUT2D eigenvalue weighted by Gasteiger charge is 2.33. The lowest BCUT2D eigenvalue weighted by atomic mass is 10.0. The molecule has 5 rings (SSSR count). The fourth-order valence-electron chi connectivity index (χ4n) is 4.35. The van der Waals surface area contributed by atoms with Crippen LogP contribution in [0.3, 0.4) is 0 Å². The third-order valence-electron chi connectivity index (χ3n) is 6.09. The Morgan fingerprint density at radius 3 is 2.53 bits per heavy atom. The number of hydrogen-bond donors (Lipinski definition) is 1. The van der Waals surface area contributed by atoms with Gasteiger partial charge in [0.05, 0.1) is 6.54 Å². The van der Waals surface area contributed by atoms with Gasteiger partial charge in [-0.2, -0.15) is 0 Å². The van der Waals surface area contributed by atoms with Gasteiger partial charge in [-0.05, 0) is 65.2 Å². The van der Waals surface area contributed by atoms with Gasteiger partial charge in [-0.1, -0.05) is 66.2 Å². The van der Waals surface area contributed by atoms with Crippen LogP contribution in [0.15, 0.2) is 78.4 Å². The molecule has 2 heterocycles. The van der Waals surface area contributed by atoms with Gasteiger partial charge in [0.2, 0.25) is 0 Å². The van der Waals surface area contributed by atoms with Crippen molar-refractivity contribution >= 4 is 52.5 Å². The first-order chi connectivity index (χ1) is 16.5. The van der Waals surface area contributed by atoms with Gasteiger partial charge in [0, 0.05) is 23.8 Å². The molecule has 1 saturated heterocycles. The van der Waals surface area contributed by atoms with Crippen molar-refractivity contribution in [2.75, 3.05) is 11.4 Å². The minimum Gasteiger partial charge on any atom is -0.367 e. The van der Waals surface area contributed by atoms with Crippen molar-refractivity contribution in [2.24, 2.45) is 0 Å². The van der Waals surface area contributed by atoms with Crippen molar-refractivity contribution in [1.29, 1.82) is 0 Å². The zero-order valence-corrected chi connectivity index (χ0v) is 19.9. The molecule has 1 fully saturated rings. The van der Waals surface area contributed by atoms with Gasteiger partial charge in [0.1, 0.15) is 5.57 Å². The Balaban J connectivity index is 1.38. The zero-order valence-electron chi connectivity index (χ0n) is 18.3. The largest absolute Gasteiger partial charge is 0.367 e. The Kier molecular flexibility index (Phi) is 6.18. The SMILES string of the molecule is O=C1NC(=S)N(Cc2ccccc2)C(=O)C1=Cc1ccc2c(c1)CCN2Cc1ccccc1Cl. The normalized spacial score (nSPS) is 16.7. The molecule has 1 N–H and O–H groups in total. The number of fused-ring (bicyclic) bond motifs is 1. The van der Waals surface area contributed by atoms with Crippen molar-refractivity contribution in [2.45, 2.75) is 19.5 Å². The number of anilines is 1. The number of nitrogens with one attached hydrogen (secondary N) is 1. The summed E-state index contributed by atoms with van der Waals surface area (Å²) >= 11 is 11.6. The van der Waals surface area contributed by atoms with E-state index in [1.54, 1.807) is 6.08 Å². The van der Waals surface area contributed by atoms with Gasteiger partial charge >= 0.3 is 0 Å². The third-order valence-corrected chi connectivity index (χ3v) is 6.79. The first kappa shape index (κ1) is 22.3. The standard InChI is InChI=1S/C27H22ClN3O2S/c28-23-9-5-4-8-21(23)17-30-13-12-20-14-19(10-11-24(20)30)15-22-25(32)29-27(34)31(26(22)33)16-18-6-2-1-3-7-18/h1-11,14-15H,12-13,16-17H2,(H,29,32,34). The number of nitrogens with zero attached hydrogens (tertiary/aromatic N) is 2. The monoisotopic (exact) mass is 487 g/mol. The van der Waals surface area contributed by atoms with E-state index in [1.165, 1.54) is 10.5 Å². The molecule has 0 atom stereocenters. The number of hydrogen-bond acceptors (Lipinski definition) is 4. The third kappa shape index (κ3) is 4.47. The van der Waals surface area contributed by atoms with Crippen LogP contribution < -0.4 is 10.2 Å². The summed E-state index contributed by atoms with van der Waals surface area (Å²) in [6.07, 6.45) is 2.54. The summed E-state index contributed by atoms with van der Waals surface area (Å²) in [5.74, 6) is -0.862. The Bertz CT molecular complexity index is 1320. The lowest BCUT2D eigenvalue weighted by molar-refractivity contribution is -0.129. The van der Waals surface area contributed by atoms with Crippen LogP contribution in [0.4, 0.5) is 5.69 Å². The molecule has 2 aliphatic rings. The predicted molar refractivity (Wildman–Crippen MR) is 138 cm³/mol. The average Bonchev–Trinajstić information content (AvgIpc) is 3.23. The molecule has 0 unspecified atom stereocenters. The van der Waals surface area contributed by atoms with Gasteiger partial charge in [0.15, 0.2) is 5.11 Å².